The number of carboxylic acid groups (broad SMARTS) is 1. The van der Waals surface area contributed by atoms with Gasteiger partial charge < -0.3 is 9.84 Å². The van der Waals surface area contributed by atoms with Crippen LogP contribution in [0.1, 0.15) is 22.8 Å². The Labute approximate surface area is 139 Å². The molecule has 2 aromatic carbocycles. The molecule has 1 unspecified atom stereocenters. The molecule has 1 aliphatic rings. The van der Waals surface area contributed by atoms with E-state index in [1.807, 2.05) is 18.2 Å². The van der Waals surface area contributed by atoms with Crippen LogP contribution in [-0.4, -0.2) is 26.1 Å². The van der Waals surface area contributed by atoms with Gasteiger partial charge >= 0.3 is 5.97 Å². The monoisotopic (exact) mass is 347 g/mol. The van der Waals surface area contributed by atoms with Crippen molar-refractivity contribution in [1.29, 1.82) is 0 Å². The number of ether oxygens (including phenoxy) is 1. The Hall–Kier alpha value is -2.22. The first-order chi connectivity index (χ1) is 11.3. The van der Waals surface area contributed by atoms with Crippen molar-refractivity contribution in [2.45, 2.75) is 18.3 Å². The van der Waals surface area contributed by atoms with Crippen molar-refractivity contribution in [1.82, 2.24) is 0 Å². The lowest BCUT2D eigenvalue weighted by atomic mass is 9.93. The number of primary sulfonamides is 1. The smallest absolute Gasteiger partial charge is 0.337 e. The molecule has 0 spiro atoms. The first-order valence-corrected chi connectivity index (χ1v) is 9.12. The summed E-state index contributed by atoms with van der Waals surface area (Å²) in [4.78, 5) is 11.3. The highest BCUT2D eigenvalue weighted by atomic mass is 32.2. The minimum absolute atomic E-state index is 0.222. The topological polar surface area (TPSA) is 107 Å². The van der Waals surface area contributed by atoms with Crippen molar-refractivity contribution in [3.05, 3.63) is 59.2 Å². The third kappa shape index (κ3) is 3.64. The van der Waals surface area contributed by atoms with Crippen molar-refractivity contribution >= 4 is 16.0 Å². The van der Waals surface area contributed by atoms with Crippen molar-refractivity contribution in [2.24, 2.45) is 5.14 Å². The Morgan fingerprint density at radius 2 is 1.96 bits per heavy atom. The standard InChI is InChI=1S/C17H17NO5S/c18-24(21,22)10-11-2-1-3-12(8-11)13-4-5-15-14(9-13)6-7-23-16(15)17(19)20/h1-5,8-9,16H,6-7,10H2,(H,19,20)(H2,18,21,22). The van der Waals surface area contributed by atoms with Crippen LogP contribution in [-0.2, 0) is 31.7 Å². The number of sulfonamides is 1. The average Bonchev–Trinajstić information content (AvgIpc) is 2.52. The van der Waals surface area contributed by atoms with Gasteiger partial charge in [-0.25, -0.2) is 18.4 Å². The second-order valence-electron chi connectivity index (χ2n) is 5.76. The van der Waals surface area contributed by atoms with E-state index in [0.29, 0.717) is 24.2 Å². The van der Waals surface area contributed by atoms with E-state index in [4.69, 9.17) is 9.88 Å². The zero-order valence-corrected chi connectivity index (χ0v) is 13.6. The van der Waals surface area contributed by atoms with E-state index in [-0.39, 0.29) is 5.75 Å². The van der Waals surface area contributed by atoms with Gasteiger partial charge in [0.25, 0.3) is 0 Å². The quantitative estimate of drug-likeness (QED) is 0.877. The van der Waals surface area contributed by atoms with Crippen LogP contribution >= 0.6 is 0 Å². The van der Waals surface area contributed by atoms with E-state index >= 15 is 0 Å². The average molecular weight is 347 g/mol. The van der Waals surface area contributed by atoms with E-state index < -0.39 is 22.1 Å². The minimum Gasteiger partial charge on any atom is -0.479 e. The molecule has 0 aromatic heterocycles. The van der Waals surface area contributed by atoms with Crippen LogP contribution in [0.5, 0.6) is 0 Å². The lowest BCUT2D eigenvalue weighted by Crippen LogP contribution is -2.23. The largest absolute Gasteiger partial charge is 0.479 e. The molecule has 1 atom stereocenters. The van der Waals surface area contributed by atoms with Gasteiger partial charge in [0, 0.05) is 0 Å². The van der Waals surface area contributed by atoms with E-state index in [2.05, 4.69) is 0 Å². The molecule has 0 fully saturated rings. The Morgan fingerprint density at radius 3 is 2.67 bits per heavy atom. The molecule has 3 N–H and O–H groups in total. The zero-order valence-electron chi connectivity index (χ0n) is 12.8. The van der Waals surface area contributed by atoms with E-state index in [9.17, 15) is 18.3 Å². The molecule has 126 valence electrons. The summed E-state index contributed by atoms with van der Waals surface area (Å²) in [7, 11) is -3.59. The predicted octanol–water partition coefficient (Wildman–Crippen LogP) is 1.84. The Balaban J connectivity index is 1.97. The van der Waals surface area contributed by atoms with Gasteiger partial charge in [-0.3, -0.25) is 0 Å². The van der Waals surface area contributed by atoms with Gasteiger partial charge in [-0.2, -0.15) is 0 Å². The molecule has 2 aromatic rings. The SMILES string of the molecule is NS(=O)(=O)Cc1cccc(-c2ccc3c(c2)CCOC3C(=O)O)c1. The van der Waals surface area contributed by atoms with E-state index in [1.165, 1.54) is 0 Å². The van der Waals surface area contributed by atoms with Crippen molar-refractivity contribution in [2.75, 3.05) is 6.61 Å². The van der Waals surface area contributed by atoms with Gasteiger partial charge in [0.05, 0.1) is 12.4 Å². The molecule has 0 amide bonds. The molecule has 0 saturated carbocycles. The summed E-state index contributed by atoms with van der Waals surface area (Å²) < 4.78 is 27.8. The number of aliphatic carboxylic acids is 1. The fraction of sp³-hybridized carbons (Fsp3) is 0.235. The minimum atomic E-state index is -3.59. The molecule has 6 nitrogen and oxygen atoms in total. The van der Waals surface area contributed by atoms with Crippen LogP contribution in [0.2, 0.25) is 0 Å². The van der Waals surface area contributed by atoms with Gasteiger partial charge in [0.15, 0.2) is 6.10 Å². The number of benzene rings is 2. The van der Waals surface area contributed by atoms with E-state index in [0.717, 1.165) is 16.7 Å². The maximum Gasteiger partial charge on any atom is 0.337 e. The fourth-order valence-corrected chi connectivity index (χ4v) is 3.56. The molecule has 1 heterocycles. The highest BCUT2D eigenvalue weighted by Gasteiger charge is 2.27. The van der Waals surface area contributed by atoms with Crippen LogP contribution < -0.4 is 5.14 Å². The molecular formula is C17H17NO5S. The summed E-state index contributed by atoms with van der Waals surface area (Å²) in [5, 5.41) is 14.3. The highest BCUT2D eigenvalue weighted by Crippen LogP contribution is 2.31. The van der Waals surface area contributed by atoms with Crippen LogP contribution in [0.3, 0.4) is 0 Å². The highest BCUT2D eigenvalue weighted by molar-refractivity contribution is 7.88. The number of nitrogens with two attached hydrogens (primary N) is 1. The summed E-state index contributed by atoms with van der Waals surface area (Å²) in [5.41, 5.74) is 3.97. The molecular weight excluding hydrogens is 330 g/mol. The Bertz CT molecular complexity index is 892. The summed E-state index contributed by atoms with van der Waals surface area (Å²) in [5.74, 6) is -1.22. The van der Waals surface area contributed by atoms with Gasteiger partial charge in [0.1, 0.15) is 0 Å². The summed E-state index contributed by atoms with van der Waals surface area (Å²) in [6.45, 7) is 0.360. The molecule has 24 heavy (non-hydrogen) atoms. The molecule has 0 radical (unpaired) electrons. The number of rotatable bonds is 4. The molecule has 0 saturated heterocycles. The molecule has 0 aliphatic carbocycles. The van der Waals surface area contributed by atoms with Crippen LogP contribution in [0, 0.1) is 0 Å². The van der Waals surface area contributed by atoms with Gasteiger partial charge in [0.2, 0.25) is 10.0 Å². The van der Waals surface area contributed by atoms with Crippen LogP contribution in [0.4, 0.5) is 0 Å². The molecule has 7 heteroatoms. The second-order valence-corrected chi connectivity index (χ2v) is 7.37. The Kier molecular flexibility index (Phi) is 4.40. The maximum absolute atomic E-state index is 11.3. The third-order valence-electron chi connectivity index (χ3n) is 3.93. The number of fused-ring (bicyclic) bond motifs is 1. The van der Waals surface area contributed by atoms with Crippen LogP contribution in [0.15, 0.2) is 42.5 Å². The van der Waals surface area contributed by atoms with Gasteiger partial charge in [-0.05, 0) is 34.2 Å². The molecule has 1 aliphatic heterocycles. The Morgan fingerprint density at radius 1 is 1.21 bits per heavy atom. The van der Waals surface area contributed by atoms with Gasteiger partial charge in [-0.15, -0.1) is 0 Å². The molecule has 0 bridgehead atoms. The fourth-order valence-electron chi connectivity index (χ4n) is 2.91. The van der Waals surface area contributed by atoms with Gasteiger partial charge in [-0.1, -0.05) is 42.5 Å². The number of carbonyl (C=O) groups is 1. The molecule has 3 rings (SSSR count). The van der Waals surface area contributed by atoms with Crippen LogP contribution in [0.25, 0.3) is 11.1 Å². The number of hydrogen-bond donors (Lipinski definition) is 2. The number of hydrogen-bond acceptors (Lipinski definition) is 4. The first-order valence-electron chi connectivity index (χ1n) is 7.40. The maximum atomic E-state index is 11.3. The second kappa shape index (κ2) is 6.35. The van der Waals surface area contributed by atoms with E-state index in [1.54, 1.807) is 24.3 Å². The lowest BCUT2D eigenvalue weighted by Gasteiger charge is -2.23. The van der Waals surface area contributed by atoms with Crippen molar-refractivity contribution in [3.63, 3.8) is 0 Å². The zero-order chi connectivity index (χ0) is 17.3. The summed E-state index contributed by atoms with van der Waals surface area (Å²) in [6.07, 6.45) is -0.291. The lowest BCUT2D eigenvalue weighted by molar-refractivity contribution is -0.151. The number of carboxylic acids is 1. The first kappa shape index (κ1) is 16.6. The normalized spacial score (nSPS) is 17.3. The predicted molar refractivity (Wildman–Crippen MR) is 88.7 cm³/mol. The third-order valence-corrected chi connectivity index (χ3v) is 4.67. The van der Waals surface area contributed by atoms with Crippen molar-refractivity contribution in [3.8, 4) is 11.1 Å². The van der Waals surface area contributed by atoms with Crippen molar-refractivity contribution < 1.29 is 23.1 Å². The summed E-state index contributed by atoms with van der Waals surface area (Å²) >= 11 is 0. The summed E-state index contributed by atoms with van der Waals surface area (Å²) in [6, 6.07) is 12.7.